The van der Waals surface area contributed by atoms with Crippen LogP contribution in [0.15, 0.2) is 4.99 Å². The van der Waals surface area contributed by atoms with Crippen LogP contribution in [-0.2, 0) is 4.74 Å². The van der Waals surface area contributed by atoms with Crippen molar-refractivity contribution in [3.8, 4) is 0 Å². The van der Waals surface area contributed by atoms with Crippen LogP contribution in [0.3, 0.4) is 0 Å². The SMILES string of the molecule is CN=C(NCC1(C)CCCC1)N(C)CCC1CCOCC1.I. The Morgan fingerprint density at radius 1 is 1.27 bits per heavy atom. The van der Waals surface area contributed by atoms with Gasteiger partial charge in [-0.1, -0.05) is 19.8 Å². The molecule has 4 nitrogen and oxygen atoms in total. The van der Waals surface area contributed by atoms with Crippen LogP contribution in [0.4, 0.5) is 0 Å². The van der Waals surface area contributed by atoms with Crippen LogP contribution >= 0.6 is 24.0 Å². The summed E-state index contributed by atoms with van der Waals surface area (Å²) in [5.41, 5.74) is 0.470. The summed E-state index contributed by atoms with van der Waals surface area (Å²) >= 11 is 0. The van der Waals surface area contributed by atoms with Gasteiger partial charge in [-0.25, -0.2) is 0 Å². The molecule has 1 saturated carbocycles. The first-order valence-electron chi connectivity index (χ1n) is 8.62. The van der Waals surface area contributed by atoms with E-state index in [0.717, 1.165) is 38.2 Å². The molecule has 1 N–H and O–H groups in total. The standard InChI is InChI=1S/C17H33N3O.HI/c1-17(9-4-5-10-17)14-19-16(18-2)20(3)11-6-15-7-12-21-13-8-15;/h15H,4-14H2,1-3H3,(H,18,19);1H. The summed E-state index contributed by atoms with van der Waals surface area (Å²) in [6.07, 6.45) is 9.16. The Hall–Kier alpha value is -0.0400. The molecule has 0 atom stereocenters. The maximum atomic E-state index is 5.43. The van der Waals surface area contributed by atoms with Gasteiger partial charge < -0.3 is 15.0 Å². The van der Waals surface area contributed by atoms with E-state index in [2.05, 4.69) is 29.2 Å². The molecule has 1 saturated heterocycles. The number of nitrogens with one attached hydrogen (secondary N) is 1. The highest BCUT2D eigenvalue weighted by Gasteiger charge is 2.28. The molecule has 22 heavy (non-hydrogen) atoms. The van der Waals surface area contributed by atoms with Crippen molar-refractivity contribution in [2.24, 2.45) is 16.3 Å². The van der Waals surface area contributed by atoms with Gasteiger partial charge in [0.15, 0.2) is 5.96 Å². The quantitative estimate of drug-likeness (QED) is 0.418. The number of ether oxygens (including phenoxy) is 1. The smallest absolute Gasteiger partial charge is 0.193 e. The van der Waals surface area contributed by atoms with Gasteiger partial charge >= 0.3 is 0 Å². The van der Waals surface area contributed by atoms with Crippen molar-refractivity contribution in [2.75, 3.05) is 40.4 Å². The highest BCUT2D eigenvalue weighted by molar-refractivity contribution is 14.0. The van der Waals surface area contributed by atoms with Gasteiger partial charge in [0, 0.05) is 40.4 Å². The van der Waals surface area contributed by atoms with E-state index in [1.54, 1.807) is 0 Å². The molecule has 0 bridgehead atoms. The van der Waals surface area contributed by atoms with Crippen molar-refractivity contribution in [2.45, 2.75) is 51.9 Å². The molecule has 0 radical (unpaired) electrons. The van der Waals surface area contributed by atoms with Crippen LogP contribution in [0.2, 0.25) is 0 Å². The Kier molecular flexibility index (Phi) is 9.05. The third-order valence-corrected chi connectivity index (χ3v) is 5.27. The van der Waals surface area contributed by atoms with Crippen molar-refractivity contribution in [1.82, 2.24) is 10.2 Å². The number of halogens is 1. The molecule has 2 fully saturated rings. The lowest BCUT2D eigenvalue weighted by Gasteiger charge is -2.30. The second-order valence-corrected chi connectivity index (χ2v) is 7.18. The van der Waals surface area contributed by atoms with E-state index < -0.39 is 0 Å². The van der Waals surface area contributed by atoms with Crippen molar-refractivity contribution in [1.29, 1.82) is 0 Å². The zero-order chi connectivity index (χ0) is 15.1. The number of aliphatic imine (C=N–C) groups is 1. The minimum absolute atomic E-state index is 0. The fourth-order valence-electron chi connectivity index (χ4n) is 3.60. The van der Waals surface area contributed by atoms with Gasteiger partial charge in [-0.15, -0.1) is 24.0 Å². The Morgan fingerprint density at radius 2 is 1.91 bits per heavy atom. The molecule has 2 rings (SSSR count). The summed E-state index contributed by atoms with van der Waals surface area (Å²) in [4.78, 5) is 6.74. The maximum Gasteiger partial charge on any atom is 0.193 e. The lowest BCUT2D eigenvalue weighted by atomic mass is 9.89. The van der Waals surface area contributed by atoms with Gasteiger partial charge in [0.1, 0.15) is 0 Å². The molecule has 2 aliphatic rings. The van der Waals surface area contributed by atoms with Crippen LogP contribution in [0, 0.1) is 11.3 Å². The number of hydrogen-bond donors (Lipinski definition) is 1. The molecule has 1 aliphatic carbocycles. The van der Waals surface area contributed by atoms with Crippen molar-refractivity contribution < 1.29 is 4.74 Å². The summed E-state index contributed by atoms with van der Waals surface area (Å²) in [6.45, 7) is 6.43. The van der Waals surface area contributed by atoms with E-state index in [1.165, 1.54) is 44.9 Å². The number of nitrogens with zero attached hydrogens (tertiary/aromatic N) is 2. The van der Waals surface area contributed by atoms with E-state index in [1.807, 2.05) is 7.05 Å². The Labute approximate surface area is 153 Å². The van der Waals surface area contributed by atoms with Crippen LogP contribution in [0.5, 0.6) is 0 Å². The summed E-state index contributed by atoms with van der Waals surface area (Å²) in [5, 5.41) is 3.59. The molecule has 1 aliphatic heterocycles. The van der Waals surface area contributed by atoms with E-state index >= 15 is 0 Å². The second kappa shape index (κ2) is 9.96. The molecule has 0 amide bonds. The van der Waals surface area contributed by atoms with E-state index in [0.29, 0.717) is 5.41 Å². The zero-order valence-electron chi connectivity index (χ0n) is 14.6. The maximum absolute atomic E-state index is 5.43. The van der Waals surface area contributed by atoms with Gasteiger partial charge in [-0.2, -0.15) is 0 Å². The van der Waals surface area contributed by atoms with Crippen LogP contribution in [0.25, 0.3) is 0 Å². The number of guanidine groups is 1. The molecule has 0 unspecified atom stereocenters. The minimum Gasteiger partial charge on any atom is -0.381 e. The van der Waals surface area contributed by atoms with Gasteiger partial charge in [0.05, 0.1) is 0 Å². The van der Waals surface area contributed by atoms with Gasteiger partial charge in [0.25, 0.3) is 0 Å². The van der Waals surface area contributed by atoms with Crippen LogP contribution < -0.4 is 5.32 Å². The largest absolute Gasteiger partial charge is 0.381 e. The van der Waals surface area contributed by atoms with Gasteiger partial charge in [-0.05, 0) is 43.4 Å². The first kappa shape index (κ1) is 20.0. The topological polar surface area (TPSA) is 36.9 Å². The fraction of sp³-hybridized carbons (Fsp3) is 0.941. The zero-order valence-corrected chi connectivity index (χ0v) is 16.9. The number of rotatable bonds is 5. The monoisotopic (exact) mass is 423 g/mol. The van der Waals surface area contributed by atoms with E-state index in [4.69, 9.17) is 4.74 Å². The van der Waals surface area contributed by atoms with Gasteiger partial charge in [0.2, 0.25) is 0 Å². The lowest BCUT2D eigenvalue weighted by molar-refractivity contribution is 0.0625. The predicted octanol–water partition coefficient (Wildman–Crippen LogP) is 3.51. The van der Waals surface area contributed by atoms with Crippen molar-refractivity contribution >= 4 is 29.9 Å². The molecule has 130 valence electrons. The van der Waals surface area contributed by atoms with Crippen LogP contribution in [0.1, 0.15) is 51.9 Å². The average Bonchev–Trinajstić information content (AvgIpc) is 2.94. The first-order chi connectivity index (χ1) is 10.1. The Bertz CT molecular complexity index is 337. The molecular formula is C17H34IN3O. The van der Waals surface area contributed by atoms with Crippen LogP contribution in [-0.4, -0.2) is 51.3 Å². The number of hydrogen-bond acceptors (Lipinski definition) is 2. The van der Waals surface area contributed by atoms with E-state index in [9.17, 15) is 0 Å². The summed E-state index contributed by atoms with van der Waals surface area (Å²) in [7, 11) is 4.05. The van der Waals surface area contributed by atoms with E-state index in [-0.39, 0.29) is 24.0 Å². The Balaban J connectivity index is 0.00000242. The first-order valence-corrected chi connectivity index (χ1v) is 8.62. The molecule has 0 spiro atoms. The second-order valence-electron chi connectivity index (χ2n) is 7.18. The third-order valence-electron chi connectivity index (χ3n) is 5.27. The molecular weight excluding hydrogens is 389 g/mol. The normalized spacial score (nSPS) is 22.2. The predicted molar refractivity (Wildman–Crippen MR) is 104 cm³/mol. The summed E-state index contributed by atoms with van der Waals surface area (Å²) in [6, 6.07) is 0. The summed E-state index contributed by atoms with van der Waals surface area (Å²) in [5.74, 6) is 1.88. The van der Waals surface area contributed by atoms with Gasteiger partial charge in [-0.3, -0.25) is 4.99 Å². The molecule has 5 heteroatoms. The third kappa shape index (κ3) is 6.22. The highest BCUT2D eigenvalue weighted by atomic mass is 127. The minimum atomic E-state index is 0. The average molecular weight is 423 g/mol. The summed E-state index contributed by atoms with van der Waals surface area (Å²) < 4.78 is 5.43. The highest BCUT2D eigenvalue weighted by Crippen LogP contribution is 2.36. The lowest BCUT2D eigenvalue weighted by Crippen LogP contribution is -2.43. The fourth-order valence-corrected chi connectivity index (χ4v) is 3.60. The molecule has 0 aromatic heterocycles. The van der Waals surface area contributed by atoms with Crippen molar-refractivity contribution in [3.05, 3.63) is 0 Å². The van der Waals surface area contributed by atoms with Crippen molar-refractivity contribution in [3.63, 3.8) is 0 Å². The molecule has 0 aromatic rings. The molecule has 1 heterocycles. The Morgan fingerprint density at radius 3 is 2.50 bits per heavy atom. The molecule has 0 aromatic carbocycles.